The molecule has 1 rings (SSSR count). The maximum Gasteiger partial charge on any atom is 0.325 e. The molecule has 0 spiro atoms. The topological polar surface area (TPSA) is 69.6 Å². The van der Waals surface area contributed by atoms with Crippen LogP contribution < -0.4 is 5.32 Å². The van der Waals surface area contributed by atoms with Gasteiger partial charge in [0.05, 0.1) is 0 Å². The molecule has 0 aliphatic carbocycles. The molecular weight excluding hydrogens is 182 g/mol. The largest absolute Gasteiger partial charge is 0.508 e. The molecule has 0 aliphatic heterocycles. The van der Waals surface area contributed by atoms with Crippen molar-refractivity contribution in [2.45, 2.75) is 19.9 Å². The SMILES string of the molecule is Cc1cc(O)ccc1NC(C)C(=O)O. The van der Waals surface area contributed by atoms with Gasteiger partial charge in [-0.2, -0.15) is 0 Å². The smallest absolute Gasteiger partial charge is 0.325 e. The number of aliphatic carboxylic acids is 1. The zero-order valence-corrected chi connectivity index (χ0v) is 8.11. The third kappa shape index (κ3) is 2.39. The summed E-state index contributed by atoms with van der Waals surface area (Å²) in [6, 6.07) is 4.11. The Kier molecular flexibility index (Phi) is 2.96. The lowest BCUT2D eigenvalue weighted by molar-refractivity contribution is -0.137. The molecule has 0 aliphatic rings. The summed E-state index contributed by atoms with van der Waals surface area (Å²) in [5.41, 5.74) is 1.54. The highest BCUT2D eigenvalue weighted by atomic mass is 16.4. The fourth-order valence-corrected chi connectivity index (χ4v) is 1.10. The van der Waals surface area contributed by atoms with Gasteiger partial charge in [0.1, 0.15) is 11.8 Å². The van der Waals surface area contributed by atoms with Crippen LogP contribution in [0.25, 0.3) is 0 Å². The van der Waals surface area contributed by atoms with E-state index in [9.17, 15) is 4.79 Å². The van der Waals surface area contributed by atoms with Crippen molar-refractivity contribution in [2.75, 3.05) is 5.32 Å². The van der Waals surface area contributed by atoms with E-state index in [1.807, 2.05) is 0 Å². The molecule has 4 nitrogen and oxygen atoms in total. The van der Waals surface area contributed by atoms with E-state index < -0.39 is 12.0 Å². The van der Waals surface area contributed by atoms with Crippen molar-refractivity contribution >= 4 is 11.7 Å². The Morgan fingerprint density at radius 3 is 2.64 bits per heavy atom. The third-order valence-electron chi connectivity index (χ3n) is 1.95. The van der Waals surface area contributed by atoms with Crippen molar-refractivity contribution in [2.24, 2.45) is 0 Å². The summed E-state index contributed by atoms with van der Waals surface area (Å²) in [6.45, 7) is 3.37. The number of phenols is 1. The van der Waals surface area contributed by atoms with Gasteiger partial charge in [-0.3, -0.25) is 4.79 Å². The maximum absolute atomic E-state index is 10.6. The van der Waals surface area contributed by atoms with Crippen LogP contribution in [0.5, 0.6) is 5.75 Å². The van der Waals surface area contributed by atoms with Crippen LogP contribution in [0.15, 0.2) is 18.2 Å². The van der Waals surface area contributed by atoms with Gasteiger partial charge in [0, 0.05) is 5.69 Å². The second-order valence-corrected chi connectivity index (χ2v) is 3.20. The van der Waals surface area contributed by atoms with E-state index in [1.54, 1.807) is 26.0 Å². The summed E-state index contributed by atoms with van der Waals surface area (Å²) in [7, 11) is 0. The summed E-state index contributed by atoms with van der Waals surface area (Å²) in [6.07, 6.45) is 0. The molecule has 1 aromatic rings. The van der Waals surface area contributed by atoms with Crippen molar-refractivity contribution in [1.82, 2.24) is 0 Å². The highest BCUT2D eigenvalue weighted by molar-refractivity contribution is 5.77. The van der Waals surface area contributed by atoms with Crippen LogP contribution in [0.2, 0.25) is 0 Å². The summed E-state index contributed by atoms with van der Waals surface area (Å²) in [4.78, 5) is 10.6. The zero-order chi connectivity index (χ0) is 10.7. The van der Waals surface area contributed by atoms with E-state index in [1.165, 1.54) is 6.07 Å². The van der Waals surface area contributed by atoms with Gasteiger partial charge < -0.3 is 15.5 Å². The molecule has 0 bridgehead atoms. The quantitative estimate of drug-likeness (QED) is 0.640. The average Bonchev–Trinajstić information content (AvgIpc) is 2.09. The third-order valence-corrected chi connectivity index (χ3v) is 1.95. The predicted molar refractivity (Wildman–Crippen MR) is 53.6 cm³/mol. The van der Waals surface area contributed by atoms with Crippen molar-refractivity contribution < 1.29 is 15.0 Å². The highest BCUT2D eigenvalue weighted by Crippen LogP contribution is 2.20. The second kappa shape index (κ2) is 4.00. The Bertz CT molecular complexity index is 349. The van der Waals surface area contributed by atoms with E-state index in [2.05, 4.69) is 5.32 Å². The minimum Gasteiger partial charge on any atom is -0.508 e. The Balaban J connectivity index is 2.82. The molecule has 1 aromatic carbocycles. The van der Waals surface area contributed by atoms with E-state index in [4.69, 9.17) is 10.2 Å². The molecule has 4 heteroatoms. The van der Waals surface area contributed by atoms with Gasteiger partial charge in [-0.25, -0.2) is 0 Å². The minimum atomic E-state index is -0.905. The first kappa shape index (κ1) is 10.4. The van der Waals surface area contributed by atoms with Crippen LogP contribution in [-0.4, -0.2) is 22.2 Å². The first-order valence-electron chi connectivity index (χ1n) is 4.29. The summed E-state index contributed by atoms with van der Waals surface area (Å²) in [5.74, 6) is -0.728. The lowest BCUT2D eigenvalue weighted by Gasteiger charge is -2.13. The van der Waals surface area contributed by atoms with E-state index >= 15 is 0 Å². The van der Waals surface area contributed by atoms with Gasteiger partial charge in [0.2, 0.25) is 0 Å². The number of carboxylic acids is 1. The molecule has 0 heterocycles. The van der Waals surface area contributed by atoms with Gasteiger partial charge in [0.15, 0.2) is 0 Å². The minimum absolute atomic E-state index is 0.177. The Hall–Kier alpha value is -1.71. The van der Waals surface area contributed by atoms with Crippen molar-refractivity contribution in [3.05, 3.63) is 23.8 Å². The van der Waals surface area contributed by atoms with E-state index in [0.717, 1.165) is 11.3 Å². The van der Waals surface area contributed by atoms with Gasteiger partial charge >= 0.3 is 5.97 Å². The first-order chi connectivity index (χ1) is 6.50. The molecular formula is C10H13NO3. The fourth-order valence-electron chi connectivity index (χ4n) is 1.10. The van der Waals surface area contributed by atoms with Gasteiger partial charge in [0.25, 0.3) is 0 Å². The highest BCUT2D eigenvalue weighted by Gasteiger charge is 2.11. The summed E-state index contributed by atoms with van der Waals surface area (Å²) < 4.78 is 0. The molecule has 14 heavy (non-hydrogen) atoms. The first-order valence-corrected chi connectivity index (χ1v) is 4.29. The maximum atomic E-state index is 10.6. The van der Waals surface area contributed by atoms with Crippen LogP contribution in [0.4, 0.5) is 5.69 Å². The number of phenolic OH excluding ortho intramolecular Hbond substituents is 1. The number of carboxylic acid groups (broad SMARTS) is 1. The number of nitrogens with one attached hydrogen (secondary N) is 1. The molecule has 0 fully saturated rings. The van der Waals surface area contributed by atoms with Crippen LogP contribution in [0.3, 0.4) is 0 Å². The number of rotatable bonds is 3. The standard InChI is InChI=1S/C10H13NO3/c1-6-5-8(12)3-4-9(6)11-7(2)10(13)14/h3-5,7,11-12H,1-2H3,(H,13,14). The number of benzene rings is 1. The van der Waals surface area contributed by atoms with Gasteiger partial charge in [-0.05, 0) is 37.6 Å². The number of aryl methyl sites for hydroxylation is 1. The van der Waals surface area contributed by atoms with E-state index in [-0.39, 0.29) is 5.75 Å². The van der Waals surface area contributed by atoms with E-state index in [0.29, 0.717) is 0 Å². The lowest BCUT2D eigenvalue weighted by atomic mass is 10.1. The predicted octanol–water partition coefficient (Wildman–Crippen LogP) is 1.59. The van der Waals surface area contributed by atoms with Crippen molar-refractivity contribution in [3.8, 4) is 5.75 Å². The number of hydrogen-bond acceptors (Lipinski definition) is 3. The van der Waals surface area contributed by atoms with Crippen molar-refractivity contribution in [1.29, 1.82) is 0 Å². The average molecular weight is 195 g/mol. The summed E-state index contributed by atoms with van der Waals surface area (Å²) >= 11 is 0. The Morgan fingerprint density at radius 2 is 2.14 bits per heavy atom. The fraction of sp³-hybridized carbons (Fsp3) is 0.300. The second-order valence-electron chi connectivity index (χ2n) is 3.20. The molecule has 1 atom stereocenters. The number of carbonyl (C=O) groups is 1. The molecule has 3 N–H and O–H groups in total. The van der Waals surface area contributed by atoms with Crippen LogP contribution in [0, 0.1) is 6.92 Å². The van der Waals surface area contributed by atoms with Crippen LogP contribution >= 0.6 is 0 Å². The molecule has 0 radical (unpaired) electrons. The van der Waals surface area contributed by atoms with Crippen molar-refractivity contribution in [3.63, 3.8) is 0 Å². The van der Waals surface area contributed by atoms with Crippen LogP contribution in [0.1, 0.15) is 12.5 Å². The molecule has 1 unspecified atom stereocenters. The molecule has 0 saturated heterocycles. The Morgan fingerprint density at radius 1 is 1.50 bits per heavy atom. The van der Waals surface area contributed by atoms with Gasteiger partial charge in [-0.1, -0.05) is 0 Å². The van der Waals surface area contributed by atoms with Gasteiger partial charge in [-0.15, -0.1) is 0 Å². The molecule has 0 amide bonds. The lowest BCUT2D eigenvalue weighted by Crippen LogP contribution is -2.25. The number of hydrogen-bond donors (Lipinski definition) is 3. The molecule has 0 saturated carbocycles. The normalized spacial score (nSPS) is 12.1. The zero-order valence-electron chi connectivity index (χ0n) is 8.11. The number of anilines is 1. The summed E-state index contributed by atoms with van der Waals surface area (Å²) in [5, 5.41) is 20.6. The molecule has 76 valence electrons. The van der Waals surface area contributed by atoms with Crippen LogP contribution in [-0.2, 0) is 4.79 Å². The molecule has 0 aromatic heterocycles. The monoisotopic (exact) mass is 195 g/mol. The Labute approximate surface area is 82.2 Å². The number of aromatic hydroxyl groups is 1.